The van der Waals surface area contributed by atoms with Gasteiger partial charge in [0.1, 0.15) is 23.9 Å². The molecule has 0 saturated heterocycles. The molecule has 0 aliphatic rings. The van der Waals surface area contributed by atoms with Crippen molar-refractivity contribution in [1.29, 1.82) is 0 Å². The average molecular weight is 498 g/mol. The fourth-order valence-electron chi connectivity index (χ4n) is 2.58. The zero-order valence-electron chi connectivity index (χ0n) is 14.0. The maximum absolute atomic E-state index is 12.4. The van der Waals surface area contributed by atoms with E-state index >= 15 is 0 Å². The van der Waals surface area contributed by atoms with Crippen molar-refractivity contribution in [2.75, 3.05) is 13.2 Å². The van der Waals surface area contributed by atoms with Crippen molar-refractivity contribution < 1.29 is 27.2 Å². The van der Waals surface area contributed by atoms with Crippen molar-refractivity contribution in [3.8, 4) is 5.75 Å². The van der Waals surface area contributed by atoms with Crippen molar-refractivity contribution in [2.24, 2.45) is 0 Å². The zero-order chi connectivity index (χ0) is 19.4. The van der Waals surface area contributed by atoms with E-state index in [2.05, 4.69) is 22.6 Å². The topological polar surface area (TPSA) is 89.9 Å². The van der Waals surface area contributed by atoms with Crippen LogP contribution in [0.2, 0.25) is 0 Å². The first-order valence-electron chi connectivity index (χ1n) is 7.91. The van der Waals surface area contributed by atoms with Crippen LogP contribution in [0.15, 0.2) is 65.6 Å². The molecule has 0 heterocycles. The monoisotopic (exact) mass is 498 g/mol. The summed E-state index contributed by atoms with van der Waals surface area (Å²) in [6, 6.07) is 16.4. The van der Waals surface area contributed by atoms with Crippen LogP contribution in [0.3, 0.4) is 0 Å². The molecule has 0 amide bonds. The quantitative estimate of drug-likeness (QED) is 0.240. The number of carbonyl (C=O) groups excluding carboxylic acids is 1. The standard InChI is InChI=1S/C19H15IO6S/c20-13-5-7-14(8-6-13)25-11-12-26-19(21)17-9-10-18(27(22,23)24)16-4-2-1-3-15(16)17/h1-10H,11-12H2,(H,22,23,24). The van der Waals surface area contributed by atoms with Crippen LogP contribution >= 0.6 is 22.6 Å². The molecule has 0 aromatic heterocycles. The van der Waals surface area contributed by atoms with Gasteiger partial charge in [-0.2, -0.15) is 8.42 Å². The fraction of sp³-hybridized carbons (Fsp3) is 0.105. The van der Waals surface area contributed by atoms with Gasteiger partial charge in [0.25, 0.3) is 10.1 Å². The highest BCUT2D eigenvalue weighted by Gasteiger charge is 2.19. The maximum atomic E-state index is 12.4. The molecule has 0 aliphatic carbocycles. The summed E-state index contributed by atoms with van der Waals surface area (Å²) in [6.07, 6.45) is 0. The third-order valence-corrected chi connectivity index (χ3v) is 5.41. The summed E-state index contributed by atoms with van der Waals surface area (Å²) < 4.78 is 44.2. The Morgan fingerprint density at radius 2 is 1.59 bits per heavy atom. The lowest BCUT2D eigenvalue weighted by Gasteiger charge is -2.10. The molecule has 0 fully saturated rings. The van der Waals surface area contributed by atoms with Gasteiger partial charge < -0.3 is 9.47 Å². The second-order valence-electron chi connectivity index (χ2n) is 5.57. The van der Waals surface area contributed by atoms with Gasteiger partial charge in [0.15, 0.2) is 0 Å². The summed E-state index contributed by atoms with van der Waals surface area (Å²) >= 11 is 2.19. The van der Waals surface area contributed by atoms with Gasteiger partial charge in [-0.25, -0.2) is 4.79 Å². The van der Waals surface area contributed by atoms with Crippen LogP contribution in [0, 0.1) is 3.57 Å². The fourth-order valence-corrected chi connectivity index (χ4v) is 3.63. The molecule has 0 radical (unpaired) electrons. The second kappa shape index (κ2) is 8.24. The predicted molar refractivity (Wildman–Crippen MR) is 109 cm³/mol. The molecule has 27 heavy (non-hydrogen) atoms. The normalized spacial score (nSPS) is 11.3. The van der Waals surface area contributed by atoms with E-state index < -0.39 is 16.1 Å². The van der Waals surface area contributed by atoms with Crippen LogP contribution in [0.5, 0.6) is 5.75 Å². The number of esters is 1. The van der Waals surface area contributed by atoms with Gasteiger partial charge in [0.2, 0.25) is 0 Å². The SMILES string of the molecule is O=C(OCCOc1ccc(I)cc1)c1ccc(S(=O)(=O)O)c2ccccc12. The van der Waals surface area contributed by atoms with Gasteiger partial charge in [-0.15, -0.1) is 0 Å². The highest BCUT2D eigenvalue weighted by Crippen LogP contribution is 2.26. The summed E-state index contributed by atoms with van der Waals surface area (Å²) in [5, 5.41) is 0.640. The van der Waals surface area contributed by atoms with Crippen molar-refractivity contribution in [2.45, 2.75) is 4.90 Å². The molecular weight excluding hydrogens is 483 g/mol. The minimum absolute atomic E-state index is 0.0409. The van der Waals surface area contributed by atoms with Gasteiger partial charge in [0, 0.05) is 8.96 Å². The molecule has 140 valence electrons. The van der Waals surface area contributed by atoms with Crippen molar-refractivity contribution in [3.63, 3.8) is 0 Å². The molecule has 0 atom stereocenters. The Morgan fingerprint density at radius 1 is 0.926 bits per heavy atom. The molecular formula is C19H15IO6S. The Kier molecular flexibility index (Phi) is 5.98. The molecule has 3 aromatic rings. The van der Waals surface area contributed by atoms with Crippen molar-refractivity contribution in [3.05, 3.63) is 69.8 Å². The number of fused-ring (bicyclic) bond motifs is 1. The lowest BCUT2D eigenvalue weighted by atomic mass is 10.0. The van der Waals surface area contributed by atoms with E-state index in [9.17, 15) is 17.8 Å². The third kappa shape index (κ3) is 4.76. The largest absolute Gasteiger partial charge is 0.490 e. The second-order valence-corrected chi connectivity index (χ2v) is 8.21. The molecule has 0 aliphatic heterocycles. The molecule has 8 heteroatoms. The number of hydrogen-bond donors (Lipinski definition) is 1. The van der Waals surface area contributed by atoms with E-state index in [4.69, 9.17) is 9.47 Å². The molecule has 0 bridgehead atoms. The first kappa shape index (κ1) is 19.6. The molecule has 3 aromatic carbocycles. The van der Waals surface area contributed by atoms with Crippen molar-refractivity contribution >= 4 is 49.5 Å². The molecule has 6 nitrogen and oxygen atoms in total. The summed E-state index contributed by atoms with van der Waals surface area (Å²) in [4.78, 5) is 12.1. The minimum Gasteiger partial charge on any atom is -0.490 e. The van der Waals surface area contributed by atoms with Crippen molar-refractivity contribution in [1.82, 2.24) is 0 Å². The first-order chi connectivity index (χ1) is 12.9. The summed E-state index contributed by atoms with van der Waals surface area (Å²) in [5.74, 6) is 0.0775. The Labute approximate surface area is 170 Å². The molecule has 1 N–H and O–H groups in total. The van der Waals surface area contributed by atoms with E-state index in [1.165, 1.54) is 18.2 Å². The zero-order valence-corrected chi connectivity index (χ0v) is 16.9. The summed E-state index contributed by atoms with van der Waals surface area (Å²) in [6.45, 7) is 0.229. The lowest BCUT2D eigenvalue weighted by molar-refractivity contribution is 0.0452. The van der Waals surface area contributed by atoms with E-state index in [-0.39, 0.29) is 29.1 Å². The molecule has 0 spiro atoms. The van der Waals surface area contributed by atoms with Crippen LogP contribution in [0.1, 0.15) is 10.4 Å². The van der Waals surface area contributed by atoms with Gasteiger partial charge in [-0.3, -0.25) is 4.55 Å². The van der Waals surface area contributed by atoms with Gasteiger partial charge in [0.05, 0.1) is 5.56 Å². The number of rotatable bonds is 6. The molecule has 0 saturated carbocycles. The summed E-state index contributed by atoms with van der Waals surface area (Å²) in [5.41, 5.74) is 0.215. The Bertz CT molecular complexity index is 1080. The van der Waals surface area contributed by atoms with E-state index in [1.807, 2.05) is 24.3 Å². The number of hydrogen-bond acceptors (Lipinski definition) is 5. The average Bonchev–Trinajstić information content (AvgIpc) is 2.64. The third-order valence-electron chi connectivity index (χ3n) is 3.78. The Balaban J connectivity index is 1.71. The maximum Gasteiger partial charge on any atom is 0.338 e. The van der Waals surface area contributed by atoms with Gasteiger partial charge in [-0.1, -0.05) is 24.3 Å². The predicted octanol–water partition coefficient (Wildman–Crippen LogP) is 3.93. The number of halogens is 1. The van der Waals surface area contributed by atoms with Crippen LogP contribution in [0.4, 0.5) is 0 Å². The van der Waals surface area contributed by atoms with E-state index in [1.54, 1.807) is 18.2 Å². The lowest BCUT2D eigenvalue weighted by Crippen LogP contribution is -2.13. The van der Waals surface area contributed by atoms with Crippen LogP contribution in [-0.2, 0) is 14.9 Å². The Morgan fingerprint density at radius 3 is 2.26 bits per heavy atom. The first-order valence-corrected chi connectivity index (χ1v) is 10.4. The highest BCUT2D eigenvalue weighted by molar-refractivity contribution is 14.1. The smallest absolute Gasteiger partial charge is 0.338 e. The number of ether oxygens (including phenoxy) is 2. The van der Waals surface area contributed by atoms with Gasteiger partial charge >= 0.3 is 5.97 Å². The van der Waals surface area contributed by atoms with Crippen LogP contribution in [-0.4, -0.2) is 32.2 Å². The van der Waals surface area contributed by atoms with Gasteiger partial charge in [-0.05, 0) is 64.4 Å². The summed E-state index contributed by atoms with van der Waals surface area (Å²) in [7, 11) is -4.40. The van der Waals surface area contributed by atoms with E-state index in [0.29, 0.717) is 11.1 Å². The van der Waals surface area contributed by atoms with E-state index in [0.717, 1.165) is 3.57 Å². The van der Waals surface area contributed by atoms with Crippen LogP contribution < -0.4 is 4.74 Å². The number of carbonyl (C=O) groups is 1. The Hall–Kier alpha value is -2.17. The molecule has 0 unspecified atom stereocenters. The van der Waals surface area contributed by atoms with Crippen LogP contribution in [0.25, 0.3) is 10.8 Å². The minimum atomic E-state index is -4.40. The number of benzene rings is 3. The molecule has 3 rings (SSSR count). The highest BCUT2D eigenvalue weighted by atomic mass is 127.